The zero-order valence-electron chi connectivity index (χ0n) is 10.4. The minimum atomic E-state index is 0.335. The topological polar surface area (TPSA) is 50.9 Å². The Balaban J connectivity index is 2.32. The summed E-state index contributed by atoms with van der Waals surface area (Å²) in [5, 5.41) is 4.63. The first kappa shape index (κ1) is 12.0. The van der Waals surface area contributed by atoms with Crippen LogP contribution in [0.5, 0.6) is 0 Å². The van der Waals surface area contributed by atoms with Crippen molar-refractivity contribution in [2.75, 3.05) is 6.54 Å². The summed E-state index contributed by atoms with van der Waals surface area (Å²) in [6, 6.07) is 10.7. The second kappa shape index (κ2) is 5.25. The Morgan fingerprint density at radius 3 is 2.88 bits per heavy atom. The van der Waals surface area contributed by atoms with Gasteiger partial charge in [0.1, 0.15) is 0 Å². The largest absolute Gasteiger partial charge is 0.329 e. The van der Waals surface area contributed by atoms with Crippen LogP contribution >= 0.6 is 0 Å². The van der Waals surface area contributed by atoms with Crippen molar-refractivity contribution in [3.8, 4) is 0 Å². The first-order valence-electron chi connectivity index (χ1n) is 5.99. The number of hydrogen-bond acceptors (Lipinski definition) is 3. The van der Waals surface area contributed by atoms with Gasteiger partial charge in [-0.1, -0.05) is 18.2 Å². The lowest BCUT2D eigenvalue weighted by atomic mass is 10.1. The van der Waals surface area contributed by atoms with Crippen molar-refractivity contribution in [2.24, 2.45) is 5.73 Å². The Kier molecular flexibility index (Phi) is 3.71. The van der Waals surface area contributed by atoms with Crippen molar-refractivity contribution in [2.45, 2.75) is 26.4 Å². The SMILES string of the molecule is Cc1cc(CN[C@@H](C)CN)c2ccccc2n1. The number of aryl methyl sites for hydroxylation is 1. The van der Waals surface area contributed by atoms with E-state index < -0.39 is 0 Å². The molecule has 17 heavy (non-hydrogen) atoms. The highest BCUT2D eigenvalue weighted by atomic mass is 14.9. The first-order valence-corrected chi connectivity index (χ1v) is 5.99. The zero-order chi connectivity index (χ0) is 12.3. The molecule has 2 rings (SSSR count). The predicted molar refractivity (Wildman–Crippen MR) is 71.8 cm³/mol. The number of nitrogens with one attached hydrogen (secondary N) is 1. The van der Waals surface area contributed by atoms with Crippen LogP contribution in [-0.4, -0.2) is 17.6 Å². The molecule has 0 saturated heterocycles. The molecule has 1 heterocycles. The van der Waals surface area contributed by atoms with Crippen LogP contribution in [-0.2, 0) is 6.54 Å². The fourth-order valence-electron chi connectivity index (χ4n) is 1.91. The fourth-order valence-corrected chi connectivity index (χ4v) is 1.91. The van der Waals surface area contributed by atoms with Crippen molar-refractivity contribution in [3.63, 3.8) is 0 Å². The number of hydrogen-bond donors (Lipinski definition) is 2. The summed E-state index contributed by atoms with van der Waals surface area (Å²) in [6.45, 7) is 5.61. The van der Waals surface area contributed by atoms with Crippen molar-refractivity contribution in [1.29, 1.82) is 0 Å². The average molecular weight is 229 g/mol. The third-order valence-corrected chi connectivity index (χ3v) is 2.92. The molecule has 0 unspecified atom stereocenters. The van der Waals surface area contributed by atoms with Crippen molar-refractivity contribution < 1.29 is 0 Å². The van der Waals surface area contributed by atoms with E-state index in [1.165, 1.54) is 10.9 Å². The summed E-state index contributed by atoms with van der Waals surface area (Å²) >= 11 is 0. The molecule has 3 nitrogen and oxygen atoms in total. The minimum absolute atomic E-state index is 0.335. The number of para-hydroxylation sites is 1. The summed E-state index contributed by atoms with van der Waals surface area (Å²) in [7, 11) is 0. The number of nitrogens with zero attached hydrogens (tertiary/aromatic N) is 1. The van der Waals surface area contributed by atoms with Crippen LogP contribution in [0.4, 0.5) is 0 Å². The number of fused-ring (bicyclic) bond motifs is 1. The lowest BCUT2D eigenvalue weighted by Gasteiger charge is -2.13. The molecule has 3 N–H and O–H groups in total. The minimum Gasteiger partial charge on any atom is -0.329 e. The van der Waals surface area contributed by atoms with Crippen LogP contribution in [0.3, 0.4) is 0 Å². The molecule has 0 aliphatic rings. The fraction of sp³-hybridized carbons (Fsp3) is 0.357. The third kappa shape index (κ3) is 2.81. The quantitative estimate of drug-likeness (QED) is 0.843. The molecule has 0 saturated carbocycles. The molecule has 0 amide bonds. The number of pyridine rings is 1. The highest BCUT2D eigenvalue weighted by Gasteiger charge is 2.04. The maximum absolute atomic E-state index is 5.60. The van der Waals surface area contributed by atoms with E-state index in [4.69, 9.17) is 5.73 Å². The monoisotopic (exact) mass is 229 g/mol. The van der Waals surface area contributed by atoms with Crippen LogP contribution in [0.15, 0.2) is 30.3 Å². The van der Waals surface area contributed by atoms with Crippen LogP contribution in [0, 0.1) is 6.92 Å². The van der Waals surface area contributed by atoms with Gasteiger partial charge in [0.25, 0.3) is 0 Å². The van der Waals surface area contributed by atoms with E-state index >= 15 is 0 Å². The summed E-state index contributed by atoms with van der Waals surface area (Å²) in [5.41, 5.74) is 9.01. The molecule has 0 radical (unpaired) electrons. The van der Waals surface area contributed by atoms with E-state index in [0.717, 1.165) is 17.8 Å². The molecule has 3 heteroatoms. The molecule has 1 atom stereocenters. The van der Waals surface area contributed by atoms with Crippen LogP contribution in [0.1, 0.15) is 18.2 Å². The van der Waals surface area contributed by atoms with Crippen LogP contribution in [0.2, 0.25) is 0 Å². The van der Waals surface area contributed by atoms with Crippen molar-refractivity contribution >= 4 is 10.9 Å². The Labute approximate surface area is 102 Å². The molecule has 0 aliphatic carbocycles. The van der Waals surface area contributed by atoms with E-state index in [9.17, 15) is 0 Å². The molecule has 0 spiro atoms. The second-order valence-corrected chi connectivity index (χ2v) is 4.46. The molecule has 90 valence electrons. The summed E-state index contributed by atoms with van der Waals surface area (Å²) in [6.07, 6.45) is 0. The normalized spacial score (nSPS) is 12.9. The third-order valence-electron chi connectivity index (χ3n) is 2.92. The molecule has 0 aliphatic heterocycles. The second-order valence-electron chi connectivity index (χ2n) is 4.46. The maximum Gasteiger partial charge on any atom is 0.0708 e. The Hall–Kier alpha value is -1.45. The predicted octanol–water partition coefficient (Wildman–Crippen LogP) is 1.98. The molecule has 0 fully saturated rings. The van der Waals surface area contributed by atoms with Gasteiger partial charge in [0.2, 0.25) is 0 Å². The van der Waals surface area contributed by atoms with E-state index in [1.54, 1.807) is 0 Å². The highest BCUT2D eigenvalue weighted by Crippen LogP contribution is 2.17. The Morgan fingerprint density at radius 2 is 2.12 bits per heavy atom. The number of aromatic nitrogens is 1. The molecule has 0 bridgehead atoms. The lowest BCUT2D eigenvalue weighted by Crippen LogP contribution is -2.32. The molecule has 2 aromatic rings. The van der Waals surface area contributed by atoms with E-state index in [0.29, 0.717) is 12.6 Å². The van der Waals surface area contributed by atoms with Gasteiger partial charge in [-0.2, -0.15) is 0 Å². The smallest absolute Gasteiger partial charge is 0.0708 e. The average Bonchev–Trinajstić information content (AvgIpc) is 2.35. The van der Waals surface area contributed by atoms with Gasteiger partial charge in [-0.3, -0.25) is 4.98 Å². The zero-order valence-corrected chi connectivity index (χ0v) is 10.4. The number of rotatable bonds is 4. The number of benzene rings is 1. The summed E-state index contributed by atoms with van der Waals surface area (Å²) in [4.78, 5) is 4.53. The van der Waals surface area contributed by atoms with E-state index in [2.05, 4.69) is 41.5 Å². The Morgan fingerprint density at radius 1 is 1.35 bits per heavy atom. The molecular formula is C14H19N3. The lowest BCUT2D eigenvalue weighted by molar-refractivity contribution is 0.557. The van der Waals surface area contributed by atoms with Gasteiger partial charge < -0.3 is 11.1 Å². The Bertz CT molecular complexity index is 508. The van der Waals surface area contributed by atoms with Gasteiger partial charge >= 0.3 is 0 Å². The number of nitrogens with two attached hydrogens (primary N) is 1. The van der Waals surface area contributed by atoms with Gasteiger partial charge in [0, 0.05) is 30.2 Å². The van der Waals surface area contributed by atoms with Crippen LogP contribution < -0.4 is 11.1 Å². The van der Waals surface area contributed by atoms with Crippen molar-refractivity contribution in [1.82, 2.24) is 10.3 Å². The maximum atomic E-state index is 5.60. The highest BCUT2D eigenvalue weighted by molar-refractivity contribution is 5.82. The van der Waals surface area contributed by atoms with E-state index in [-0.39, 0.29) is 0 Å². The molecule has 1 aromatic heterocycles. The molecule has 1 aromatic carbocycles. The van der Waals surface area contributed by atoms with Gasteiger partial charge in [0.15, 0.2) is 0 Å². The first-order chi connectivity index (χ1) is 8.20. The summed E-state index contributed by atoms with van der Waals surface area (Å²) < 4.78 is 0. The van der Waals surface area contributed by atoms with Gasteiger partial charge in [-0.15, -0.1) is 0 Å². The van der Waals surface area contributed by atoms with Gasteiger partial charge in [-0.25, -0.2) is 0 Å². The molecular weight excluding hydrogens is 210 g/mol. The summed E-state index contributed by atoms with van der Waals surface area (Å²) in [5.74, 6) is 0. The van der Waals surface area contributed by atoms with Gasteiger partial charge in [-0.05, 0) is 31.5 Å². The standard InChI is InChI=1S/C14H19N3/c1-10-7-12(9-16-11(2)8-15)13-5-3-4-6-14(13)17-10/h3-7,11,16H,8-9,15H2,1-2H3/t11-/m0/s1. The van der Waals surface area contributed by atoms with Gasteiger partial charge in [0.05, 0.1) is 5.52 Å². The van der Waals surface area contributed by atoms with E-state index in [1.807, 2.05) is 13.0 Å². The van der Waals surface area contributed by atoms with Crippen molar-refractivity contribution in [3.05, 3.63) is 41.6 Å². The van der Waals surface area contributed by atoms with Crippen LogP contribution in [0.25, 0.3) is 10.9 Å².